The highest BCUT2D eigenvalue weighted by molar-refractivity contribution is 6.37. The maximum Gasteiger partial charge on any atom is 0.407 e. The van der Waals surface area contributed by atoms with E-state index in [1.807, 2.05) is 29.1 Å². The fourth-order valence-corrected chi connectivity index (χ4v) is 5.55. The summed E-state index contributed by atoms with van der Waals surface area (Å²) in [7, 11) is 0. The van der Waals surface area contributed by atoms with Gasteiger partial charge in [0.15, 0.2) is 11.5 Å². The van der Waals surface area contributed by atoms with Crippen molar-refractivity contribution >= 4 is 57.4 Å². The van der Waals surface area contributed by atoms with Crippen LogP contribution in [0.5, 0.6) is 5.75 Å². The predicted molar refractivity (Wildman–Crippen MR) is 149 cm³/mol. The first kappa shape index (κ1) is 25.5. The number of Topliss-reactive ketones (excluding diaryl/α,β-unsaturated/α-hetero) is 1. The largest absolute Gasteiger partial charge is 0.505 e. The normalized spacial score (nSPS) is 16.0. The number of hydrogen-bond donors (Lipinski definition) is 3. The Morgan fingerprint density at radius 3 is 2.36 bits per heavy atom. The minimum absolute atomic E-state index is 0.00448. The number of hydrogen-bond acceptors (Lipinski definition) is 6. The summed E-state index contributed by atoms with van der Waals surface area (Å²) in [4.78, 5) is 30.5. The molecule has 3 heterocycles. The summed E-state index contributed by atoms with van der Waals surface area (Å²) >= 11 is 12.4. The van der Waals surface area contributed by atoms with E-state index < -0.39 is 6.09 Å². The zero-order chi connectivity index (χ0) is 27.3. The Morgan fingerprint density at radius 2 is 1.69 bits per heavy atom. The van der Waals surface area contributed by atoms with E-state index in [9.17, 15) is 19.8 Å². The highest BCUT2D eigenvalue weighted by atomic mass is 35.5. The molecule has 2 fully saturated rings. The van der Waals surface area contributed by atoms with E-state index in [1.165, 1.54) is 4.90 Å². The number of pyridine rings is 1. The zero-order valence-electron chi connectivity index (χ0n) is 20.8. The molecule has 3 N–H and O–H groups in total. The maximum absolute atomic E-state index is 13.3. The van der Waals surface area contributed by atoms with Gasteiger partial charge in [0, 0.05) is 36.8 Å². The van der Waals surface area contributed by atoms with Crippen molar-refractivity contribution in [3.63, 3.8) is 0 Å². The van der Waals surface area contributed by atoms with Gasteiger partial charge >= 0.3 is 6.09 Å². The van der Waals surface area contributed by atoms with Crippen molar-refractivity contribution in [2.75, 3.05) is 18.4 Å². The van der Waals surface area contributed by atoms with Gasteiger partial charge in [-0.05, 0) is 61.1 Å². The number of aromatic nitrogens is 3. The number of phenols is 1. The molecule has 4 aromatic rings. The Labute approximate surface area is 234 Å². The number of anilines is 2. The quantitative estimate of drug-likeness (QED) is 0.221. The van der Waals surface area contributed by atoms with Crippen LogP contribution in [0, 0.1) is 5.92 Å². The zero-order valence-corrected chi connectivity index (χ0v) is 22.3. The lowest BCUT2D eigenvalue weighted by Crippen LogP contribution is -2.38. The standard InChI is InChI=1S/C28H25Cl2N5O4/c29-22-10-17(11-23(30)27(22)37)16-3-4-24-20(9-16)25(21(13-31-24)26(36)15-1-2-15)33-18-12-32-35(14-18)19-5-7-34(8-6-19)28(38)39/h3-4,9-15,19,37H,1-2,5-8H2,(H,31,33)(H,38,39). The molecule has 2 aromatic carbocycles. The van der Waals surface area contributed by atoms with E-state index in [-0.39, 0.29) is 33.5 Å². The highest BCUT2D eigenvalue weighted by Gasteiger charge is 2.33. The van der Waals surface area contributed by atoms with E-state index in [0.717, 1.165) is 29.4 Å². The van der Waals surface area contributed by atoms with Crippen LogP contribution in [0.25, 0.3) is 22.0 Å². The van der Waals surface area contributed by atoms with Crippen LogP contribution < -0.4 is 5.32 Å². The summed E-state index contributed by atoms with van der Waals surface area (Å²) < 4.78 is 1.86. The number of carbonyl (C=O) groups excluding carboxylic acids is 1. The number of carbonyl (C=O) groups is 2. The Balaban J connectivity index is 1.37. The van der Waals surface area contributed by atoms with Crippen LogP contribution in [0.15, 0.2) is 48.9 Å². The number of amides is 1. The van der Waals surface area contributed by atoms with Gasteiger partial charge in [-0.15, -0.1) is 0 Å². The van der Waals surface area contributed by atoms with Crippen LogP contribution in [-0.2, 0) is 0 Å². The number of piperidine rings is 1. The maximum atomic E-state index is 13.3. The summed E-state index contributed by atoms with van der Waals surface area (Å²) in [6.45, 7) is 0.928. The van der Waals surface area contributed by atoms with Crippen LogP contribution in [0.3, 0.4) is 0 Å². The number of benzene rings is 2. The number of phenolic OH excluding ortho intramolecular Hbond substituents is 1. The summed E-state index contributed by atoms with van der Waals surface area (Å²) in [5, 5.41) is 28.2. The molecule has 0 unspecified atom stereocenters. The number of likely N-dealkylation sites (tertiary alicyclic amines) is 1. The molecule has 39 heavy (non-hydrogen) atoms. The second-order valence-electron chi connectivity index (χ2n) is 10.0. The molecule has 1 aliphatic heterocycles. The van der Waals surface area contributed by atoms with Gasteiger partial charge in [0.25, 0.3) is 0 Å². The van der Waals surface area contributed by atoms with Crippen LogP contribution in [0.2, 0.25) is 10.0 Å². The molecule has 0 radical (unpaired) electrons. The molecule has 2 aromatic heterocycles. The monoisotopic (exact) mass is 565 g/mol. The molecular formula is C28H25Cl2N5O4. The van der Waals surface area contributed by atoms with Gasteiger partial charge in [0.1, 0.15) is 0 Å². The first-order valence-electron chi connectivity index (χ1n) is 12.7. The number of nitrogens with zero attached hydrogens (tertiary/aromatic N) is 4. The van der Waals surface area contributed by atoms with E-state index in [1.54, 1.807) is 24.5 Å². The van der Waals surface area contributed by atoms with Gasteiger partial charge in [0.05, 0.1) is 44.7 Å². The topological polar surface area (TPSA) is 121 Å². The van der Waals surface area contributed by atoms with Gasteiger partial charge in [-0.2, -0.15) is 5.10 Å². The second-order valence-corrected chi connectivity index (χ2v) is 10.9. The molecule has 0 atom stereocenters. The van der Waals surface area contributed by atoms with Gasteiger partial charge in [0.2, 0.25) is 0 Å². The minimum atomic E-state index is -0.898. The fourth-order valence-electron chi connectivity index (χ4n) is 5.06. The van der Waals surface area contributed by atoms with E-state index in [0.29, 0.717) is 48.4 Å². The van der Waals surface area contributed by atoms with Crippen molar-refractivity contribution in [2.24, 2.45) is 5.92 Å². The number of nitrogens with one attached hydrogen (secondary N) is 1. The average Bonchev–Trinajstić information content (AvgIpc) is 3.69. The summed E-state index contributed by atoms with van der Waals surface area (Å²) in [5.41, 5.74) is 4.11. The third-order valence-electron chi connectivity index (χ3n) is 7.41. The molecule has 0 bridgehead atoms. The van der Waals surface area contributed by atoms with Crippen molar-refractivity contribution in [3.05, 3.63) is 64.5 Å². The number of aromatic hydroxyl groups is 1. The minimum Gasteiger partial charge on any atom is -0.505 e. The lowest BCUT2D eigenvalue weighted by Gasteiger charge is -2.29. The smallest absolute Gasteiger partial charge is 0.407 e. The molecule has 6 rings (SSSR count). The van der Waals surface area contributed by atoms with Crippen molar-refractivity contribution < 1.29 is 19.8 Å². The number of ketones is 1. The van der Waals surface area contributed by atoms with E-state index in [4.69, 9.17) is 23.2 Å². The van der Waals surface area contributed by atoms with Crippen molar-refractivity contribution in [1.82, 2.24) is 19.7 Å². The molecule has 9 nitrogen and oxygen atoms in total. The first-order chi connectivity index (χ1) is 18.8. The molecule has 200 valence electrons. The number of carboxylic acid groups (broad SMARTS) is 1. The van der Waals surface area contributed by atoms with Crippen LogP contribution >= 0.6 is 23.2 Å². The third kappa shape index (κ3) is 4.99. The van der Waals surface area contributed by atoms with Crippen molar-refractivity contribution in [3.8, 4) is 16.9 Å². The fraction of sp³-hybridized carbons (Fsp3) is 0.286. The van der Waals surface area contributed by atoms with Crippen molar-refractivity contribution in [1.29, 1.82) is 0 Å². The highest BCUT2D eigenvalue weighted by Crippen LogP contribution is 2.40. The SMILES string of the molecule is O=C(c1cnc2ccc(-c3cc(Cl)c(O)c(Cl)c3)cc2c1Nc1cnn(C2CCN(C(=O)O)CC2)c1)C1CC1. The second kappa shape index (κ2) is 10.1. The predicted octanol–water partition coefficient (Wildman–Crippen LogP) is 6.76. The lowest BCUT2D eigenvalue weighted by atomic mass is 9.99. The Bertz CT molecular complexity index is 1590. The average molecular weight is 566 g/mol. The number of fused-ring (bicyclic) bond motifs is 1. The molecule has 11 heteroatoms. The molecule has 2 aliphatic rings. The van der Waals surface area contributed by atoms with Gasteiger partial charge in [-0.1, -0.05) is 29.3 Å². The van der Waals surface area contributed by atoms with Gasteiger partial charge in [-0.3, -0.25) is 14.5 Å². The number of rotatable bonds is 6. The first-order valence-corrected chi connectivity index (χ1v) is 13.5. The van der Waals surface area contributed by atoms with Crippen LogP contribution in [-0.4, -0.2) is 54.8 Å². The summed E-state index contributed by atoms with van der Waals surface area (Å²) in [5.74, 6) is -0.110. The summed E-state index contributed by atoms with van der Waals surface area (Å²) in [6.07, 6.45) is 7.43. The molecule has 1 amide bonds. The van der Waals surface area contributed by atoms with E-state index in [2.05, 4.69) is 15.4 Å². The van der Waals surface area contributed by atoms with E-state index >= 15 is 0 Å². The molecule has 1 aliphatic carbocycles. The lowest BCUT2D eigenvalue weighted by molar-refractivity contribution is 0.0968. The van der Waals surface area contributed by atoms with Crippen molar-refractivity contribution in [2.45, 2.75) is 31.7 Å². The van der Waals surface area contributed by atoms with Crippen LogP contribution in [0.4, 0.5) is 16.2 Å². The molecule has 0 spiro atoms. The van der Waals surface area contributed by atoms with Crippen LogP contribution in [0.1, 0.15) is 42.1 Å². The van der Waals surface area contributed by atoms with Gasteiger partial charge in [-0.25, -0.2) is 4.79 Å². The third-order valence-corrected chi connectivity index (χ3v) is 7.99. The Hall–Kier alpha value is -3.82. The number of halogens is 2. The van der Waals surface area contributed by atoms with Gasteiger partial charge < -0.3 is 20.4 Å². The molecular weight excluding hydrogens is 541 g/mol. The summed E-state index contributed by atoms with van der Waals surface area (Å²) in [6, 6.07) is 9.07. The Morgan fingerprint density at radius 1 is 0.974 bits per heavy atom. The molecule has 1 saturated heterocycles. The molecule has 1 saturated carbocycles. The Kier molecular flexibility index (Phi) is 6.56.